The number of hydrogen-bond acceptors (Lipinski definition) is 5. The van der Waals surface area contributed by atoms with E-state index < -0.39 is 0 Å². The van der Waals surface area contributed by atoms with E-state index in [2.05, 4.69) is 25.5 Å². The first-order valence-electron chi connectivity index (χ1n) is 5.99. The van der Waals surface area contributed by atoms with Crippen LogP contribution in [0.3, 0.4) is 0 Å². The minimum absolute atomic E-state index is 0. The van der Waals surface area contributed by atoms with Crippen LogP contribution in [-0.2, 0) is 4.84 Å². The van der Waals surface area contributed by atoms with E-state index in [9.17, 15) is 4.79 Å². The van der Waals surface area contributed by atoms with E-state index in [0.29, 0.717) is 5.69 Å². The highest BCUT2D eigenvalue weighted by molar-refractivity contribution is 5.91. The normalized spacial score (nSPS) is 14.7. The van der Waals surface area contributed by atoms with Gasteiger partial charge in [-0.15, -0.1) is 12.4 Å². The third-order valence-electron chi connectivity index (χ3n) is 2.94. The Morgan fingerprint density at radius 3 is 2.68 bits per heavy atom. The van der Waals surface area contributed by atoms with E-state index in [1.165, 1.54) is 7.11 Å². The fourth-order valence-corrected chi connectivity index (χ4v) is 2.07. The zero-order chi connectivity index (χ0) is 13.0. The predicted molar refractivity (Wildman–Crippen MR) is 75.8 cm³/mol. The lowest BCUT2D eigenvalue weighted by Crippen LogP contribution is -2.43. The second kappa shape index (κ2) is 7.28. The highest BCUT2D eigenvalue weighted by Gasteiger charge is 2.15. The van der Waals surface area contributed by atoms with Crippen LogP contribution >= 0.6 is 12.4 Å². The largest absolute Gasteiger partial charge is 0.368 e. The molecule has 0 radical (unpaired) electrons. The molecule has 0 aromatic carbocycles. The Morgan fingerprint density at radius 1 is 1.42 bits per heavy atom. The number of piperazine rings is 1. The van der Waals surface area contributed by atoms with Crippen molar-refractivity contribution in [2.75, 3.05) is 38.2 Å². The van der Waals surface area contributed by atoms with Gasteiger partial charge in [-0.1, -0.05) is 0 Å². The van der Waals surface area contributed by atoms with Gasteiger partial charge in [0.1, 0.15) is 5.69 Å². The van der Waals surface area contributed by atoms with Crippen LogP contribution in [0.1, 0.15) is 16.2 Å². The zero-order valence-electron chi connectivity index (χ0n) is 11.1. The Hall–Kier alpha value is -1.37. The molecular weight excluding hydrogens is 268 g/mol. The van der Waals surface area contributed by atoms with Gasteiger partial charge in [-0.2, -0.15) is 0 Å². The van der Waals surface area contributed by atoms with Crippen molar-refractivity contribution in [2.45, 2.75) is 6.92 Å². The summed E-state index contributed by atoms with van der Waals surface area (Å²) < 4.78 is 0. The number of pyridine rings is 1. The van der Waals surface area contributed by atoms with Crippen LogP contribution in [0.25, 0.3) is 0 Å². The molecule has 0 bridgehead atoms. The van der Waals surface area contributed by atoms with Gasteiger partial charge in [-0.25, -0.2) is 10.5 Å². The third kappa shape index (κ3) is 3.79. The number of carbonyl (C=O) groups is 1. The van der Waals surface area contributed by atoms with Crippen molar-refractivity contribution < 1.29 is 9.63 Å². The summed E-state index contributed by atoms with van der Waals surface area (Å²) in [6.45, 7) is 5.80. The second-order valence-electron chi connectivity index (χ2n) is 4.17. The maximum Gasteiger partial charge on any atom is 0.293 e. The molecule has 1 fully saturated rings. The zero-order valence-corrected chi connectivity index (χ0v) is 11.9. The Morgan fingerprint density at radius 2 is 2.11 bits per heavy atom. The van der Waals surface area contributed by atoms with Gasteiger partial charge in [-0.05, 0) is 19.1 Å². The number of carbonyl (C=O) groups excluding carboxylic acids is 1. The molecule has 1 saturated heterocycles. The number of halogens is 1. The Labute approximate surface area is 118 Å². The minimum Gasteiger partial charge on any atom is -0.368 e. The number of aromatic nitrogens is 1. The van der Waals surface area contributed by atoms with Gasteiger partial charge in [0.05, 0.1) is 18.5 Å². The van der Waals surface area contributed by atoms with Gasteiger partial charge in [0, 0.05) is 26.2 Å². The second-order valence-corrected chi connectivity index (χ2v) is 4.17. The molecule has 1 aliphatic rings. The lowest BCUT2D eigenvalue weighted by molar-refractivity contribution is 0.0532. The topological polar surface area (TPSA) is 66.5 Å². The summed E-state index contributed by atoms with van der Waals surface area (Å²) in [4.78, 5) is 22.7. The molecule has 106 valence electrons. The van der Waals surface area contributed by atoms with Crippen molar-refractivity contribution in [3.8, 4) is 0 Å². The number of hydroxylamine groups is 1. The van der Waals surface area contributed by atoms with E-state index in [4.69, 9.17) is 0 Å². The van der Waals surface area contributed by atoms with E-state index in [1.807, 2.05) is 13.0 Å². The summed E-state index contributed by atoms with van der Waals surface area (Å²) in [5.41, 5.74) is 4.58. The van der Waals surface area contributed by atoms with Crippen molar-refractivity contribution in [1.82, 2.24) is 15.8 Å². The third-order valence-corrected chi connectivity index (χ3v) is 2.94. The minimum atomic E-state index is -0.326. The number of hydrogen-bond donors (Lipinski definition) is 2. The van der Waals surface area contributed by atoms with Gasteiger partial charge >= 0.3 is 0 Å². The van der Waals surface area contributed by atoms with Crippen LogP contribution in [0.5, 0.6) is 0 Å². The van der Waals surface area contributed by atoms with Crippen LogP contribution in [0.2, 0.25) is 0 Å². The van der Waals surface area contributed by atoms with Crippen molar-refractivity contribution >= 4 is 24.0 Å². The molecule has 2 rings (SSSR count). The lowest BCUT2D eigenvalue weighted by Gasteiger charge is -2.30. The summed E-state index contributed by atoms with van der Waals surface area (Å²) in [5, 5.41) is 3.31. The highest BCUT2D eigenvalue weighted by atomic mass is 35.5. The summed E-state index contributed by atoms with van der Waals surface area (Å²) in [6, 6.07) is 3.66. The van der Waals surface area contributed by atoms with Gasteiger partial charge in [0.25, 0.3) is 5.91 Å². The molecule has 0 aliphatic carbocycles. The first kappa shape index (κ1) is 15.7. The molecule has 6 nitrogen and oxygen atoms in total. The molecule has 19 heavy (non-hydrogen) atoms. The number of nitrogens with one attached hydrogen (secondary N) is 2. The molecule has 0 unspecified atom stereocenters. The first-order valence-corrected chi connectivity index (χ1v) is 5.99. The number of nitrogens with zero attached hydrogens (tertiary/aromatic N) is 2. The average Bonchev–Trinajstić information content (AvgIpc) is 2.40. The van der Waals surface area contributed by atoms with Crippen LogP contribution in [0.4, 0.5) is 5.69 Å². The van der Waals surface area contributed by atoms with Gasteiger partial charge in [-0.3, -0.25) is 9.63 Å². The lowest BCUT2D eigenvalue weighted by atomic mass is 10.2. The molecule has 1 aromatic rings. The summed E-state index contributed by atoms with van der Waals surface area (Å²) in [7, 11) is 1.40. The number of aryl methyl sites for hydroxylation is 1. The highest BCUT2D eigenvalue weighted by Crippen LogP contribution is 2.19. The monoisotopic (exact) mass is 286 g/mol. The van der Waals surface area contributed by atoms with Crippen LogP contribution < -0.4 is 15.7 Å². The fourth-order valence-electron chi connectivity index (χ4n) is 2.07. The smallest absolute Gasteiger partial charge is 0.293 e. The molecule has 0 atom stereocenters. The first-order chi connectivity index (χ1) is 8.72. The Balaban J connectivity index is 0.00000180. The number of rotatable bonds is 3. The molecule has 0 spiro atoms. The van der Waals surface area contributed by atoms with Gasteiger partial charge in [0.2, 0.25) is 0 Å². The van der Waals surface area contributed by atoms with E-state index in [1.54, 1.807) is 6.07 Å². The molecule has 2 heterocycles. The van der Waals surface area contributed by atoms with E-state index in [-0.39, 0.29) is 18.3 Å². The Bertz CT molecular complexity index is 436. The van der Waals surface area contributed by atoms with E-state index in [0.717, 1.165) is 37.6 Å². The molecular formula is C12H19ClN4O2. The van der Waals surface area contributed by atoms with Crippen LogP contribution in [0.15, 0.2) is 12.1 Å². The SMILES string of the molecule is CONC(=O)c1ccc(N2CCNCC2)c(C)n1.Cl. The predicted octanol–water partition coefficient (Wildman–Crippen LogP) is 0.513. The summed E-state index contributed by atoms with van der Waals surface area (Å²) in [5.74, 6) is -0.326. The number of anilines is 1. The summed E-state index contributed by atoms with van der Waals surface area (Å²) in [6.07, 6.45) is 0. The molecule has 7 heteroatoms. The molecule has 1 aromatic heterocycles. The van der Waals surface area contributed by atoms with Gasteiger partial charge < -0.3 is 10.2 Å². The molecule has 0 saturated carbocycles. The quantitative estimate of drug-likeness (QED) is 0.793. The van der Waals surface area contributed by atoms with Crippen molar-refractivity contribution in [2.24, 2.45) is 0 Å². The maximum atomic E-state index is 11.6. The standard InChI is InChI=1S/C12H18N4O2.ClH/c1-9-11(16-7-5-13-6-8-16)4-3-10(14-9)12(17)15-18-2;/h3-4,13H,5-8H2,1-2H3,(H,15,17);1H. The van der Waals surface area contributed by atoms with Crippen molar-refractivity contribution in [3.05, 3.63) is 23.5 Å². The van der Waals surface area contributed by atoms with Crippen LogP contribution in [-0.4, -0.2) is 44.2 Å². The maximum absolute atomic E-state index is 11.6. The van der Waals surface area contributed by atoms with Crippen LogP contribution in [0, 0.1) is 6.92 Å². The molecule has 1 amide bonds. The fraction of sp³-hybridized carbons (Fsp3) is 0.500. The molecule has 1 aliphatic heterocycles. The van der Waals surface area contributed by atoms with Gasteiger partial charge in [0.15, 0.2) is 0 Å². The molecule has 2 N–H and O–H groups in total. The number of amides is 1. The Kier molecular flexibility index (Phi) is 6.01. The summed E-state index contributed by atoms with van der Waals surface area (Å²) >= 11 is 0. The van der Waals surface area contributed by atoms with Crippen molar-refractivity contribution in [3.63, 3.8) is 0 Å². The van der Waals surface area contributed by atoms with Crippen molar-refractivity contribution in [1.29, 1.82) is 0 Å². The van der Waals surface area contributed by atoms with E-state index >= 15 is 0 Å². The average molecular weight is 287 g/mol.